The summed E-state index contributed by atoms with van der Waals surface area (Å²) in [7, 11) is 0. The number of nitrogens with zero attached hydrogens (tertiary/aromatic N) is 2. The van der Waals surface area contributed by atoms with E-state index in [0.717, 1.165) is 31.1 Å². The highest BCUT2D eigenvalue weighted by Gasteiger charge is 2.24. The van der Waals surface area contributed by atoms with E-state index < -0.39 is 0 Å². The number of aryl methyl sites for hydroxylation is 1. The lowest BCUT2D eigenvalue weighted by atomic mass is 9.95. The minimum absolute atomic E-state index is 0.571. The van der Waals surface area contributed by atoms with Crippen LogP contribution in [0.4, 0.5) is 0 Å². The molecule has 4 rings (SSSR count). The predicted molar refractivity (Wildman–Crippen MR) is 100 cm³/mol. The molecule has 1 aliphatic heterocycles. The SMILES string of the molecule is Cc1cccc(-c2cc([C@@H]3CCN(Cc4ccco4)C3)ccn2)c1C. The Bertz CT molecular complexity index is 854. The van der Waals surface area contributed by atoms with Gasteiger partial charge in [-0.1, -0.05) is 18.2 Å². The number of furan rings is 1. The van der Waals surface area contributed by atoms with E-state index in [-0.39, 0.29) is 0 Å². The van der Waals surface area contributed by atoms with Crippen molar-refractivity contribution in [1.82, 2.24) is 9.88 Å². The Labute approximate surface area is 149 Å². The van der Waals surface area contributed by atoms with Crippen LogP contribution in [0.5, 0.6) is 0 Å². The molecule has 0 N–H and O–H groups in total. The Morgan fingerprint density at radius 3 is 2.92 bits per heavy atom. The van der Waals surface area contributed by atoms with Crippen LogP contribution in [0.15, 0.2) is 59.3 Å². The van der Waals surface area contributed by atoms with Crippen LogP contribution in [-0.2, 0) is 6.54 Å². The Kier molecular flexibility index (Phi) is 4.41. The van der Waals surface area contributed by atoms with Crippen LogP contribution in [0.25, 0.3) is 11.3 Å². The van der Waals surface area contributed by atoms with E-state index in [9.17, 15) is 0 Å². The van der Waals surface area contributed by atoms with Crippen LogP contribution in [-0.4, -0.2) is 23.0 Å². The largest absolute Gasteiger partial charge is 0.468 e. The van der Waals surface area contributed by atoms with Crippen LogP contribution < -0.4 is 0 Å². The molecule has 25 heavy (non-hydrogen) atoms. The Hall–Kier alpha value is -2.39. The van der Waals surface area contributed by atoms with Crippen LogP contribution in [0.3, 0.4) is 0 Å². The standard InChI is InChI=1S/C22H24N2O/c1-16-5-3-7-21(17(16)2)22-13-18(8-10-23-22)19-9-11-24(14-19)15-20-6-4-12-25-20/h3-8,10,12-13,19H,9,11,14-15H2,1-2H3/t19-/m1/s1. The highest BCUT2D eigenvalue weighted by Crippen LogP contribution is 2.31. The molecule has 3 aromatic rings. The first kappa shape index (κ1) is 16.1. The molecule has 1 saturated heterocycles. The molecule has 0 radical (unpaired) electrons. The fourth-order valence-corrected chi connectivity index (χ4v) is 3.75. The van der Waals surface area contributed by atoms with Crippen molar-refractivity contribution in [3.8, 4) is 11.3 Å². The van der Waals surface area contributed by atoms with Gasteiger partial charge in [0, 0.05) is 18.3 Å². The molecule has 0 aliphatic carbocycles. The topological polar surface area (TPSA) is 29.3 Å². The maximum Gasteiger partial charge on any atom is 0.117 e. The first-order valence-electron chi connectivity index (χ1n) is 8.98. The van der Waals surface area contributed by atoms with Crippen molar-refractivity contribution in [3.05, 3.63) is 77.4 Å². The summed E-state index contributed by atoms with van der Waals surface area (Å²) < 4.78 is 5.49. The number of benzene rings is 1. The molecule has 0 bridgehead atoms. The molecule has 2 aromatic heterocycles. The van der Waals surface area contributed by atoms with Crippen LogP contribution in [0.2, 0.25) is 0 Å². The third-order valence-corrected chi connectivity index (χ3v) is 5.37. The lowest BCUT2D eigenvalue weighted by Crippen LogP contribution is -2.19. The first-order valence-corrected chi connectivity index (χ1v) is 8.98. The van der Waals surface area contributed by atoms with E-state index in [1.165, 1.54) is 28.7 Å². The summed E-state index contributed by atoms with van der Waals surface area (Å²) in [6.45, 7) is 7.44. The third-order valence-electron chi connectivity index (χ3n) is 5.37. The maximum atomic E-state index is 5.49. The second-order valence-electron chi connectivity index (χ2n) is 7.02. The molecular formula is C22H24N2O. The van der Waals surface area contributed by atoms with Gasteiger partial charge in [0.25, 0.3) is 0 Å². The molecular weight excluding hydrogens is 308 g/mol. The van der Waals surface area contributed by atoms with Gasteiger partial charge >= 0.3 is 0 Å². The molecule has 0 spiro atoms. The second-order valence-corrected chi connectivity index (χ2v) is 7.02. The van der Waals surface area contributed by atoms with Gasteiger partial charge in [0.15, 0.2) is 0 Å². The van der Waals surface area contributed by atoms with E-state index in [0.29, 0.717) is 5.92 Å². The van der Waals surface area contributed by atoms with Gasteiger partial charge < -0.3 is 4.42 Å². The van der Waals surface area contributed by atoms with Crippen LogP contribution in [0, 0.1) is 13.8 Å². The minimum atomic E-state index is 0.571. The van der Waals surface area contributed by atoms with Crippen molar-refractivity contribution in [2.75, 3.05) is 13.1 Å². The normalized spacial score (nSPS) is 17.9. The number of likely N-dealkylation sites (tertiary alicyclic amines) is 1. The van der Waals surface area contributed by atoms with E-state index in [4.69, 9.17) is 4.42 Å². The molecule has 1 aliphatic rings. The molecule has 0 unspecified atom stereocenters. The molecule has 1 fully saturated rings. The fraction of sp³-hybridized carbons (Fsp3) is 0.318. The van der Waals surface area contributed by atoms with Crippen molar-refractivity contribution >= 4 is 0 Å². The van der Waals surface area contributed by atoms with E-state index in [1.54, 1.807) is 6.26 Å². The summed E-state index contributed by atoms with van der Waals surface area (Å²) in [6.07, 6.45) is 4.90. The third kappa shape index (κ3) is 3.38. The van der Waals surface area contributed by atoms with Gasteiger partial charge in [0.2, 0.25) is 0 Å². The summed E-state index contributed by atoms with van der Waals surface area (Å²) in [5, 5.41) is 0. The Morgan fingerprint density at radius 2 is 2.08 bits per heavy atom. The highest BCUT2D eigenvalue weighted by atomic mass is 16.3. The summed E-state index contributed by atoms with van der Waals surface area (Å²) in [5.74, 6) is 1.62. The predicted octanol–water partition coefficient (Wildman–Crippen LogP) is 4.95. The Morgan fingerprint density at radius 1 is 1.16 bits per heavy atom. The lowest BCUT2D eigenvalue weighted by Gasteiger charge is -2.15. The van der Waals surface area contributed by atoms with Crippen molar-refractivity contribution in [3.63, 3.8) is 0 Å². The number of rotatable bonds is 4. The molecule has 1 aromatic carbocycles. The molecule has 0 saturated carbocycles. The van der Waals surface area contributed by atoms with Crippen LogP contribution in [0.1, 0.15) is 34.8 Å². The van der Waals surface area contributed by atoms with Crippen molar-refractivity contribution in [2.45, 2.75) is 32.7 Å². The summed E-state index contributed by atoms with van der Waals surface area (Å²) >= 11 is 0. The minimum Gasteiger partial charge on any atom is -0.468 e. The van der Waals surface area contributed by atoms with Gasteiger partial charge in [-0.25, -0.2) is 0 Å². The van der Waals surface area contributed by atoms with Crippen molar-refractivity contribution in [1.29, 1.82) is 0 Å². The zero-order valence-electron chi connectivity index (χ0n) is 14.9. The zero-order valence-corrected chi connectivity index (χ0v) is 14.9. The Balaban J connectivity index is 1.53. The molecule has 3 heterocycles. The van der Waals surface area contributed by atoms with Crippen molar-refractivity contribution in [2.24, 2.45) is 0 Å². The molecule has 1 atom stereocenters. The lowest BCUT2D eigenvalue weighted by molar-refractivity contribution is 0.294. The smallest absolute Gasteiger partial charge is 0.117 e. The van der Waals surface area contributed by atoms with Gasteiger partial charge in [-0.3, -0.25) is 9.88 Å². The first-order chi connectivity index (χ1) is 12.2. The van der Waals surface area contributed by atoms with Crippen molar-refractivity contribution < 1.29 is 4.42 Å². The second kappa shape index (κ2) is 6.85. The number of hydrogen-bond acceptors (Lipinski definition) is 3. The molecule has 3 heteroatoms. The maximum absolute atomic E-state index is 5.49. The summed E-state index contributed by atoms with van der Waals surface area (Å²) in [6, 6.07) is 14.9. The quantitative estimate of drug-likeness (QED) is 0.677. The van der Waals surface area contributed by atoms with Gasteiger partial charge in [-0.15, -0.1) is 0 Å². The van der Waals surface area contributed by atoms with E-state index in [2.05, 4.69) is 60.1 Å². The van der Waals surface area contributed by atoms with Gasteiger partial charge in [0.1, 0.15) is 5.76 Å². The van der Waals surface area contributed by atoms with Gasteiger partial charge in [-0.2, -0.15) is 0 Å². The number of pyridine rings is 1. The molecule has 3 nitrogen and oxygen atoms in total. The average Bonchev–Trinajstić information content (AvgIpc) is 3.30. The van der Waals surface area contributed by atoms with E-state index >= 15 is 0 Å². The zero-order chi connectivity index (χ0) is 17.2. The van der Waals surface area contributed by atoms with Gasteiger partial charge in [0.05, 0.1) is 18.5 Å². The molecule has 0 amide bonds. The van der Waals surface area contributed by atoms with Crippen LogP contribution >= 0.6 is 0 Å². The summed E-state index contributed by atoms with van der Waals surface area (Å²) in [5.41, 5.74) is 6.36. The average molecular weight is 332 g/mol. The fourth-order valence-electron chi connectivity index (χ4n) is 3.75. The number of aromatic nitrogens is 1. The van der Waals surface area contributed by atoms with Gasteiger partial charge in [-0.05, 0) is 73.7 Å². The highest BCUT2D eigenvalue weighted by molar-refractivity contribution is 5.65. The molecule has 128 valence electrons. The number of hydrogen-bond donors (Lipinski definition) is 0. The monoisotopic (exact) mass is 332 g/mol. The van der Waals surface area contributed by atoms with E-state index in [1.807, 2.05) is 12.3 Å². The summed E-state index contributed by atoms with van der Waals surface area (Å²) in [4.78, 5) is 7.11.